The summed E-state index contributed by atoms with van der Waals surface area (Å²) in [7, 11) is 2.57. The van der Waals surface area contributed by atoms with Gasteiger partial charge in [0.25, 0.3) is 0 Å². The largest absolute Gasteiger partial charge is 0.346 e. The van der Waals surface area contributed by atoms with Crippen LogP contribution in [0.25, 0.3) is 0 Å². The highest BCUT2D eigenvalue weighted by Crippen LogP contribution is 1.82. The van der Waals surface area contributed by atoms with Crippen LogP contribution < -0.4 is 0 Å². The maximum Gasteiger partial charge on any atom is 0.245 e. The number of carbonyl (C=O) groups is 1. The molecule has 9 heavy (non-hydrogen) atoms. The van der Waals surface area contributed by atoms with E-state index in [1.165, 1.54) is 6.08 Å². The fraction of sp³-hybridized carbons (Fsp3) is 0.500. The minimum Gasteiger partial charge on any atom is -0.346 e. The van der Waals surface area contributed by atoms with E-state index in [4.69, 9.17) is 0 Å². The van der Waals surface area contributed by atoms with Gasteiger partial charge in [0.2, 0.25) is 5.91 Å². The van der Waals surface area contributed by atoms with E-state index >= 15 is 0 Å². The summed E-state index contributed by atoms with van der Waals surface area (Å²) >= 11 is 0. The maximum atomic E-state index is 10.7. The molecule has 3 heteroatoms. The van der Waals surface area contributed by atoms with Crippen LogP contribution in [0.15, 0.2) is 12.7 Å². The Balaban J connectivity index is 3.58. The van der Waals surface area contributed by atoms with Crippen LogP contribution in [0.1, 0.15) is 0 Å². The number of carbonyl (C=O) groups excluding carboxylic acids is 1. The Morgan fingerprint density at radius 2 is 2.44 bits per heavy atom. The molecule has 0 aliphatic heterocycles. The molecule has 0 aromatic heterocycles. The van der Waals surface area contributed by atoms with E-state index in [-0.39, 0.29) is 5.91 Å². The van der Waals surface area contributed by atoms with Gasteiger partial charge in [0.15, 0.2) is 0 Å². The molecular formula is C6H11NOSi. The van der Waals surface area contributed by atoms with Crippen LogP contribution in [0.3, 0.4) is 0 Å². The summed E-state index contributed by atoms with van der Waals surface area (Å²) in [4.78, 5) is 12.4. The van der Waals surface area contributed by atoms with Gasteiger partial charge in [0, 0.05) is 13.2 Å². The molecule has 0 atom stereocenters. The lowest BCUT2D eigenvalue weighted by molar-refractivity contribution is -0.124. The number of hydrogen-bond donors (Lipinski definition) is 0. The van der Waals surface area contributed by atoms with Crippen molar-refractivity contribution in [1.82, 2.24) is 4.90 Å². The first-order valence-electron chi connectivity index (χ1n) is 2.74. The van der Waals surface area contributed by atoms with Crippen molar-refractivity contribution in [1.29, 1.82) is 0 Å². The van der Waals surface area contributed by atoms with E-state index in [1.807, 2.05) is 0 Å². The van der Waals surface area contributed by atoms with Gasteiger partial charge in [0.05, 0.1) is 9.52 Å². The molecule has 50 valence electrons. The molecule has 0 aromatic carbocycles. The second kappa shape index (κ2) is 4.32. The standard InChI is InChI=1S/C6H11NOSi/c1-4-6(8)7(2)5-9-3/h4H,1,5H2,2-3H3. The molecular weight excluding hydrogens is 130 g/mol. The van der Waals surface area contributed by atoms with Gasteiger partial charge < -0.3 is 4.90 Å². The molecule has 2 nitrogen and oxygen atoms in total. The minimum absolute atomic E-state index is 0.00403. The first-order chi connectivity index (χ1) is 4.22. The zero-order valence-electron chi connectivity index (χ0n) is 5.85. The smallest absolute Gasteiger partial charge is 0.245 e. The van der Waals surface area contributed by atoms with Gasteiger partial charge in [-0.2, -0.15) is 0 Å². The quantitative estimate of drug-likeness (QED) is 0.410. The van der Waals surface area contributed by atoms with Crippen molar-refractivity contribution in [2.75, 3.05) is 13.2 Å². The maximum absolute atomic E-state index is 10.7. The number of rotatable bonds is 3. The molecule has 0 saturated carbocycles. The van der Waals surface area contributed by atoms with E-state index in [2.05, 4.69) is 13.1 Å². The zero-order valence-corrected chi connectivity index (χ0v) is 6.85. The minimum atomic E-state index is 0.00403. The average Bonchev–Trinajstić information content (AvgIpc) is 1.87. The Bertz CT molecular complexity index is 114. The molecule has 2 radical (unpaired) electrons. The molecule has 1 amide bonds. The molecule has 0 unspecified atom stereocenters. The molecule has 0 N–H and O–H groups in total. The highest BCUT2D eigenvalue weighted by atomic mass is 28.2. The summed E-state index contributed by atoms with van der Waals surface area (Å²) in [6.45, 7) is 5.44. The Morgan fingerprint density at radius 1 is 1.89 bits per heavy atom. The Morgan fingerprint density at radius 3 is 2.78 bits per heavy atom. The Labute approximate surface area is 58.4 Å². The monoisotopic (exact) mass is 141 g/mol. The van der Waals surface area contributed by atoms with E-state index in [0.29, 0.717) is 0 Å². The van der Waals surface area contributed by atoms with Crippen LogP contribution in [0.4, 0.5) is 0 Å². The lowest BCUT2D eigenvalue weighted by Gasteiger charge is -2.11. The van der Waals surface area contributed by atoms with Crippen LogP contribution in [0.2, 0.25) is 6.55 Å². The zero-order chi connectivity index (χ0) is 7.28. The Kier molecular flexibility index (Phi) is 4.04. The molecule has 0 fully saturated rings. The van der Waals surface area contributed by atoms with Crippen molar-refractivity contribution >= 4 is 15.4 Å². The molecule has 0 aliphatic carbocycles. The average molecular weight is 141 g/mol. The third kappa shape index (κ3) is 3.08. The second-order valence-electron chi connectivity index (χ2n) is 1.75. The third-order valence-corrected chi connectivity index (χ3v) is 1.74. The molecule has 0 aliphatic rings. The van der Waals surface area contributed by atoms with Crippen molar-refractivity contribution in [2.45, 2.75) is 6.55 Å². The van der Waals surface area contributed by atoms with Gasteiger partial charge in [-0.05, 0) is 6.08 Å². The predicted molar refractivity (Wildman–Crippen MR) is 39.5 cm³/mol. The SMILES string of the molecule is C=CC(=O)N(C)C[Si]C. The summed E-state index contributed by atoms with van der Waals surface area (Å²) in [6, 6.07) is 0. The predicted octanol–water partition coefficient (Wildman–Crippen LogP) is 0.341. The van der Waals surface area contributed by atoms with Gasteiger partial charge >= 0.3 is 0 Å². The molecule has 0 spiro atoms. The number of amides is 1. The second-order valence-corrected chi connectivity index (χ2v) is 2.78. The van der Waals surface area contributed by atoms with Gasteiger partial charge in [-0.3, -0.25) is 4.79 Å². The normalized spacial score (nSPS) is 8.67. The lowest BCUT2D eigenvalue weighted by atomic mass is 10.5. The number of nitrogens with zero attached hydrogens (tertiary/aromatic N) is 1. The third-order valence-electron chi connectivity index (χ3n) is 0.946. The summed E-state index contributed by atoms with van der Waals surface area (Å²) in [6.07, 6.45) is 2.17. The summed E-state index contributed by atoms with van der Waals surface area (Å²) in [5.74, 6) is 0.00403. The molecule has 0 aromatic rings. The van der Waals surface area contributed by atoms with Crippen LogP contribution in [0.5, 0.6) is 0 Å². The fourth-order valence-corrected chi connectivity index (χ4v) is 1.10. The van der Waals surface area contributed by atoms with Crippen molar-refractivity contribution in [3.05, 3.63) is 12.7 Å². The van der Waals surface area contributed by atoms with Gasteiger partial charge in [-0.25, -0.2) is 0 Å². The fourth-order valence-electron chi connectivity index (χ4n) is 0.471. The van der Waals surface area contributed by atoms with Crippen molar-refractivity contribution < 1.29 is 4.79 Å². The van der Waals surface area contributed by atoms with Crippen LogP contribution >= 0.6 is 0 Å². The summed E-state index contributed by atoms with van der Waals surface area (Å²) in [5.41, 5.74) is 0. The first-order valence-corrected chi connectivity index (χ1v) is 4.45. The van der Waals surface area contributed by atoms with Crippen molar-refractivity contribution in [3.8, 4) is 0 Å². The highest BCUT2D eigenvalue weighted by molar-refractivity contribution is 6.34. The van der Waals surface area contributed by atoms with Crippen LogP contribution in [-0.2, 0) is 4.79 Å². The van der Waals surface area contributed by atoms with E-state index < -0.39 is 0 Å². The summed E-state index contributed by atoms with van der Waals surface area (Å²) < 4.78 is 0. The van der Waals surface area contributed by atoms with Crippen LogP contribution in [0, 0.1) is 0 Å². The molecule has 0 rings (SSSR count). The van der Waals surface area contributed by atoms with E-state index in [0.717, 1.165) is 15.7 Å². The highest BCUT2D eigenvalue weighted by Gasteiger charge is 1.99. The van der Waals surface area contributed by atoms with Gasteiger partial charge in [0.1, 0.15) is 0 Å². The topological polar surface area (TPSA) is 20.3 Å². The Hall–Kier alpha value is -0.573. The molecule has 0 saturated heterocycles. The summed E-state index contributed by atoms with van der Waals surface area (Å²) in [5, 5.41) is 0. The van der Waals surface area contributed by atoms with E-state index in [1.54, 1.807) is 11.9 Å². The van der Waals surface area contributed by atoms with Crippen molar-refractivity contribution in [2.24, 2.45) is 0 Å². The van der Waals surface area contributed by atoms with Crippen LogP contribution in [-0.4, -0.2) is 33.5 Å². The van der Waals surface area contributed by atoms with Gasteiger partial charge in [-0.1, -0.05) is 13.1 Å². The lowest BCUT2D eigenvalue weighted by Crippen LogP contribution is -2.27. The first kappa shape index (κ1) is 8.43. The molecule has 0 heterocycles. The number of hydrogen-bond acceptors (Lipinski definition) is 1. The molecule has 0 bridgehead atoms. The van der Waals surface area contributed by atoms with Gasteiger partial charge in [-0.15, -0.1) is 0 Å². The van der Waals surface area contributed by atoms with Crippen molar-refractivity contribution in [3.63, 3.8) is 0 Å². The number of likely N-dealkylation sites (N-methyl/N-ethyl adjacent to an activating group) is 1. The van der Waals surface area contributed by atoms with E-state index in [9.17, 15) is 4.79 Å².